The van der Waals surface area contributed by atoms with Gasteiger partial charge < -0.3 is 10.2 Å². The average molecular weight is 433 g/mol. The molecule has 9 heteroatoms. The molecule has 1 aliphatic heterocycles. The van der Waals surface area contributed by atoms with E-state index >= 15 is 0 Å². The fourth-order valence-corrected chi connectivity index (χ4v) is 4.66. The third-order valence-electron chi connectivity index (χ3n) is 5.38. The van der Waals surface area contributed by atoms with Gasteiger partial charge in [-0.05, 0) is 44.0 Å². The molecule has 4 rings (SSSR count). The summed E-state index contributed by atoms with van der Waals surface area (Å²) in [6, 6.07) is 7.69. The summed E-state index contributed by atoms with van der Waals surface area (Å²) in [7, 11) is 3.78. The molecule has 0 radical (unpaired) electrons. The fourth-order valence-electron chi connectivity index (χ4n) is 3.68. The van der Waals surface area contributed by atoms with Crippen molar-refractivity contribution in [1.29, 1.82) is 0 Å². The van der Waals surface area contributed by atoms with Crippen LogP contribution < -0.4 is 10.2 Å². The van der Waals surface area contributed by atoms with Gasteiger partial charge in [-0.15, -0.1) is 5.10 Å². The number of carbonyl (C=O) groups is 1. The van der Waals surface area contributed by atoms with Gasteiger partial charge in [0.1, 0.15) is 0 Å². The van der Waals surface area contributed by atoms with Gasteiger partial charge in [0.25, 0.3) is 0 Å². The lowest BCUT2D eigenvalue weighted by Crippen LogP contribution is -2.42. The van der Waals surface area contributed by atoms with Gasteiger partial charge in [-0.25, -0.2) is 9.50 Å². The number of likely N-dealkylation sites (tertiary alicyclic amines) is 1. The van der Waals surface area contributed by atoms with Crippen molar-refractivity contribution in [2.24, 2.45) is 5.92 Å². The molecule has 7 nitrogen and oxygen atoms in total. The number of nitrogens with zero attached hydrogens (tertiary/aromatic N) is 5. The molecule has 3 aromatic rings. The quantitative estimate of drug-likeness (QED) is 0.648. The zero-order valence-corrected chi connectivity index (χ0v) is 18.2. The molecule has 3 heterocycles. The maximum atomic E-state index is 11.5. The zero-order chi connectivity index (χ0) is 20.4. The second-order valence-electron chi connectivity index (χ2n) is 7.52. The van der Waals surface area contributed by atoms with Crippen LogP contribution in [0.1, 0.15) is 12.8 Å². The van der Waals surface area contributed by atoms with Crippen LogP contribution in [0, 0.1) is 5.92 Å². The Morgan fingerprint density at radius 2 is 2.03 bits per heavy atom. The average Bonchev–Trinajstić information content (AvgIpc) is 3.29. The molecular formula is C20H25ClN6OS. The van der Waals surface area contributed by atoms with Gasteiger partial charge in [0, 0.05) is 31.2 Å². The first-order valence-corrected chi connectivity index (χ1v) is 11.0. The Morgan fingerprint density at radius 3 is 2.69 bits per heavy atom. The number of nitrogens with one attached hydrogen (secondary N) is 1. The highest BCUT2D eigenvalue weighted by atomic mass is 35.5. The van der Waals surface area contributed by atoms with Gasteiger partial charge >= 0.3 is 0 Å². The molecule has 1 N–H and O–H groups in total. The van der Waals surface area contributed by atoms with E-state index in [2.05, 4.69) is 22.2 Å². The van der Waals surface area contributed by atoms with E-state index in [-0.39, 0.29) is 5.91 Å². The number of benzene rings is 1. The number of hydrogen-bond donors (Lipinski definition) is 1. The number of aromatic nitrogens is 3. The molecule has 1 aromatic carbocycles. The first kappa shape index (κ1) is 20.1. The van der Waals surface area contributed by atoms with Crippen molar-refractivity contribution in [3.63, 3.8) is 0 Å². The lowest BCUT2D eigenvalue weighted by atomic mass is 9.96. The van der Waals surface area contributed by atoms with Crippen molar-refractivity contribution in [2.45, 2.75) is 12.8 Å². The topological polar surface area (TPSA) is 65.8 Å². The van der Waals surface area contributed by atoms with Gasteiger partial charge in [0.15, 0.2) is 0 Å². The van der Waals surface area contributed by atoms with E-state index in [1.165, 1.54) is 0 Å². The van der Waals surface area contributed by atoms with E-state index in [9.17, 15) is 4.79 Å². The first-order chi connectivity index (χ1) is 14.0. The number of halogens is 1. The van der Waals surface area contributed by atoms with Gasteiger partial charge in [-0.3, -0.25) is 9.69 Å². The lowest BCUT2D eigenvalue weighted by molar-refractivity contribution is -0.122. The molecule has 0 aliphatic carbocycles. The predicted molar refractivity (Wildman–Crippen MR) is 118 cm³/mol. The van der Waals surface area contributed by atoms with Crippen LogP contribution in [0.3, 0.4) is 0 Å². The number of carbonyl (C=O) groups excluding carboxylic acids is 1. The molecule has 0 saturated carbocycles. The maximum absolute atomic E-state index is 11.5. The second-order valence-corrected chi connectivity index (χ2v) is 8.89. The molecule has 0 unspecified atom stereocenters. The summed E-state index contributed by atoms with van der Waals surface area (Å²) in [4.78, 5) is 21.6. The summed E-state index contributed by atoms with van der Waals surface area (Å²) < 4.78 is 1.85. The summed E-state index contributed by atoms with van der Waals surface area (Å²) in [5.74, 6) is 0.700. The van der Waals surface area contributed by atoms with Crippen LogP contribution in [-0.4, -0.2) is 65.7 Å². The van der Waals surface area contributed by atoms with Crippen molar-refractivity contribution in [2.75, 3.05) is 45.2 Å². The normalized spacial score (nSPS) is 15.7. The number of rotatable bonds is 6. The highest BCUT2D eigenvalue weighted by Gasteiger charge is 2.23. The number of anilines is 1. The molecule has 0 bridgehead atoms. The Kier molecular flexibility index (Phi) is 6.03. The SMILES string of the molecule is CNC(=O)CN1CCC(CN(C)c2nn3cc(-c4ccc(Cl)cc4)nc3s2)CC1. The van der Waals surface area contributed by atoms with Gasteiger partial charge in [0.05, 0.1) is 18.4 Å². The largest absolute Gasteiger partial charge is 0.358 e. The van der Waals surface area contributed by atoms with Crippen molar-refractivity contribution in [3.8, 4) is 11.3 Å². The predicted octanol–water partition coefficient (Wildman–Crippen LogP) is 3.01. The summed E-state index contributed by atoms with van der Waals surface area (Å²) in [5.41, 5.74) is 1.93. The molecule has 1 amide bonds. The van der Waals surface area contributed by atoms with Crippen LogP contribution in [0.25, 0.3) is 16.2 Å². The minimum absolute atomic E-state index is 0.0877. The Balaban J connectivity index is 1.36. The number of piperidine rings is 1. The molecule has 1 fully saturated rings. The van der Waals surface area contributed by atoms with E-state index in [1.807, 2.05) is 35.0 Å². The van der Waals surface area contributed by atoms with Crippen LogP contribution >= 0.6 is 22.9 Å². The van der Waals surface area contributed by atoms with Crippen LogP contribution in [-0.2, 0) is 4.79 Å². The molecule has 0 spiro atoms. The Labute approximate surface area is 179 Å². The number of imidazole rings is 1. The van der Waals surface area contributed by atoms with E-state index in [0.29, 0.717) is 12.5 Å². The highest BCUT2D eigenvalue weighted by Crippen LogP contribution is 2.28. The standard InChI is InChI=1S/C20H25ClN6OS/c1-22-18(28)13-26-9-7-14(8-10-26)11-25(2)20-24-27-12-17(23-19(27)29-20)15-3-5-16(21)6-4-15/h3-6,12,14H,7-11,13H2,1-2H3,(H,22,28). The van der Waals surface area contributed by atoms with Crippen molar-refractivity contribution >= 4 is 38.9 Å². The molecule has 1 saturated heterocycles. The van der Waals surface area contributed by atoms with E-state index in [4.69, 9.17) is 21.7 Å². The molecule has 29 heavy (non-hydrogen) atoms. The van der Waals surface area contributed by atoms with Crippen LogP contribution in [0.2, 0.25) is 5.02 Å². The second kappa shape index (κ2) is 8.69. The van der Waals surface area contributed by atoms with Crippen LogP contribution in [0.15, 0.2) is 30.5 Å². The van der Waals surface area contributed by atoms with E-state index < -0.39 is 0 Å². The minimum Gasteiger partial charge on any atom is -0.358 e. The summed E-state index contributed by atoms with van der Waals surface area (Å²) in [6.07, 6.45) is 4.17. The molecule has 1 aliphatic rings. The Bertz CT molecular complexity index is 945. The van der Waals surface area contributed by atoms with Crippen molar-refractivity contribution in [3.05, 3.63) is 35.5 Å². The highest BCUT2D eigenvalue weighted by molar-refractivity contribution is 7.20. The summed E-state index contributed by atoms with van der Waals surface area (Å²) in [5, 5.41) is 9.10. The van der Waals surface area contributed by atoms with Gasteiger partial charge in [0.2, 0.25) is 16.0 Å². The van der Waals surface area contributed by atoms with E-state index in [0.717, 1.165) is 58.8 Å². The van der Waals surface area contributed by atoms with E-state index in [1.54, 1.807) is 18.4 Å². The molecular weight excluding hydrogens is 408 g/mol. The lowest BCUT2D eigenvalue weighted by Gasteiger charge is -2.33. The summed E-state index contributed by atoms with van der Waals surface area (Å²) in [6.45, 7) is 3.41. The first-order valence-electron chi connectivity index (χ1n) is 9.78. The van der Waals surface area contributed by atoms with Crippen molar-refractivity contribution < 1.29 is 4.79 Å². The maximum Gasteiger partial charge on any atom is 0.233 e. The van der Waals surface area contributed by atoms with Crippen LogP contribution in [0.5, 0.6) is 0 Å². The third kappa shape index (κ3) is 4.71. The number of fused-ring (bicyclic) bond motifs is 1. The Morgan fingerprint density at radius 1 is 1.31 bits per heavy atom. The Hall–Kier alpha value is -2.16. The summed E-state index contributed by atoms with van der Waals surface area (Å²) >= 11 is 7.57. The number of amides is 1. The van der Waals surface area contributed by atoms with Crippen LogP contribution in [0.4, 0.5) is 5.13 Å². The zero-order valence-electron chi connectivity index (χ0n) is 16.6. The fraction of sp³-hybridized carbons (Fsp3) is 0.450. The minimum atomic E-state index is 0.0877. The molecule has 154 valence electrons. The molecule has 0 atom stereocenters. The smallest absolute Gasteiger partial charge is 0.233 e. The third-order valence-corrected chi connectivity index (χ3v) is 6.67. The number of likely N-dealkylation sites (N-methyl/N-ethyl adjacent to an activating group) is 1. The van der Waals surface area contributed by atoms with Crippen molar-refractivity contribution in [1.82, 2.24) is 24.8 Å². The van der Waals surface area contributed by atoms with Gasteiger partial charge in [-0.2, -0.15) is 0 Å². The monoisotopic (exact) mass is 432 g/mol. The number of hydrogen-bond acceptors (Lipinski definition) is 6. The molecule has 2 aromatic heterocycles. The van der Waals surface area contributed by atoms with Gasteiger partial charge in [-0.1, -0.05) is 35.1 Å².